The molecule has 2 rings (SSSR count). The van der Waals surface area contributed by atoms with Crippen LogP contribution in [0.25, 0.3) is 0 Å². The van der Waals surface area contributed by atoms with Crippen LogP contribution in [0.2, 0.25) is 0 Å². The first-order valence-electron chi connectivity index (χ1n) is 5.40. The van der Waals surface area contributed by atoms with Gasteiger partial charge < -0.3 is 10.6 Å². The van der Waals surface area contributed by atoms with Crippen molar-refractivity contribution in [2.24, 2.45) is 5.92 Å². The Hall–Kier alpha value is -1.13. The smallest absolute Gasteiger partial charge is 0.225 e. The number of rotatable bonds is 3. The molecule has 1 aromatic carbocycles. The summed E-state index contributed by atoms with van der Waals surface area (Å²) in [6, 6.07) is 5.02. The van der Waals surface area contributed by atoms with Gasteiger partial charge in [0.05, 0.1) is 5.92 Å². The largest absolute Gasteiger partial charge is 0.352 e. The van der Waals surface area contributed by atoms with E-state index in [0.717, 1.165) is 18.7 Å². The summed E-state index contributed by atoms with van der Waals surface area (Å²) in [7, 11) is 0. The molecule has 0 unspecified atom stereocenters. The van der Waals surface area contributed by atoms with Gasteiger partial charge in [-0.25, -0.2) is 4.39 Å². The second kappa shape index (κ2) is 5.98. The van der Waals surface area contributed by atoms with Gasteiger partial charge in [0.2, 0.25) is 5.91 Å². The van der Waals surface area contributed by atoms with Crippen molar-refractivity contribution in [3.63, 3.8) is 0 Å². The fourth-order valence-corrected chi connectivity index (χ4v) is 1.55. The molecular formula is C12H16ClFN2O. The Balaban J connectivity index is 0.00000144. The number of hydrogen-bond donors (Lipinski definition) is 2. The lowest BCUT2D eigenvalue weighted by atomic mass is 10.0. The highest BCUT2D eigenvalue weighted by Gasteiger charge is 2.24. The average molecular weight is 259 g/mol. The fourth-order valence-electron chi connectivity index (χ4n) is 1.55. The van der Waals surface area contributed by atoms with Crippen molar-refractivity contribution in [3.8, 4) is 0 Å². The van der Waals surface area contributed by atoms with E-state index >= 15 is 0 Å². The van der Waals surface area contributed by atoms with Crippen LogP contribution in [0.3, 0.4) is 0 Å². The molecule has 1 aliphatic heterocycles. The van der Waals surface area contributed by atoms with Crippen LogP contribution in [0.1, 0.15) is 11.1 Å². The summed E-state index contributed by atoms with van der Waals surface area (Å²) in [5.41, 5.74) is 1.42. The summed E-state index contributed by atoms with van der Waals surface area (Å²) in [5, 5.41) is 5.84. The van der Waals surface area contributed by atoms with Crippen LogP contribution in [-0.4, -0.2) is 19.0 Å². The third-order valence-electron chi connectivity index (χ3n) is 2.86. The predicted molar refractivity (Wildman–Crippen MR) is 66.6 cm³/mol. The molecule has 1 saturated heterocycles. The minimum absolute atomic E-state index is 0. The monoisotopic (exact) mass is 258 g/mol. The van der Waals surface area contributed by atoms with Gasteiger partial charge in [-0.3, -0.25) is 4.79 Å². The molecule has 1 amide bonds. The van der Waals surface area contributed by atoms with Gasteiger partial charge in [0.25, 0.3) is 0 Å². The summed E-state index contributed by atoms with van der Waals surface area (Å²) < 4.78 is 13.2. The second-order valence-electron chi connectivity index (χ2n) is 4.16. The second-order valence-corrected chi connectivity index (χ2v) is 4.16. The Morgan fingerprint density at radius 1 is 1.53 bits per heavy atom. The molecule has 1 heterocycles. The van der Waals surface area contributed by atoms with Gasteiger partial charge in [-0.1, -0.05) is 12.1 Å². The molecule has 0 saturated carbocycles. The van der Waals surface area contributed by atoms with Crippen molar-refractivity contribution in [2.45, 2.75) is 13.5 Å². The van der Waals surface area contributed by atoms with Crippen LogP contribution < -0.4 is 10.6 Å². The van der Waals surface area contributed by atoms with E-state index in [1.165, 1.54) is 6.07 Å². The van der Waals surface area contributed by atoms with E-state index in [1.54, 1.807) is 13.0 Å². The number of halogens is 2. The molecule has 0 atom stereocenters. The van der Waals surface area contributed by atoms with Crippen LogP contribution in [-0.2, 0) is 11.3 Å². The molecule has 1 aliphatic rings. The molecule has 0 radical (unpaired) electrons. The Labute approximate surface area is 106 Å². The van der Waals surface area contributed by atoms with Crippen molar-refractivity contribution in [1.82, 2.24) is 10.6 Å². The first-order valence-corrected chi connectivity index (χ1v) is 5.40. The summed E-state index contributed by atoms with van der Waals surface area (Å²) in [4.78, 5) is 11.5. The maximum absolute atomic E-state index is 13.2. The van der Waals surface area contributed by atoms with Crippen molar-refractivity contribution < 1.29 is 9.18 Å². The van der Waals surface area contributed by atoms with E-state index in [0.29, 0.717) is 12.1 Å². The Kier molecular flexibility index (Phi) is 4.90. The van der Waals surface area contributed by atoms with E-state index in [9.17, 15) is 9.18 Å². The van der Waals surface area contributed by atoms with Crippen molar-refractivity contribution in [3.05, 3.63) is 35.1 Å². The lowest BCUT2D eigenvalue weighted by Gasteiger charge is -2.25. The number of benzene rings is 1. The van der Waals surface area contributed by atoms with Gasteiger partial charge in [-0.2, -0.15) is 0 Å². The van der Waals surface area contributed by atoms with Crippen molar-refractivity contribution in [1.29, 1.82) is 0 Å². The van der Waals surface area contributed by atoms with Crippen LogP contribution in [0, 0.1) is 18.7 Å². The minimum Gasteiger partial charge on any atom is -0.352 e. The fraction of sp³-hybridized carbons (Fsp3) is 0.417. The van der Waals surface area contributed by atoms with E-state index < -0.39 is 0 Å². The standard InChI is InChI=1S/C12H15FN2O.ClH/c1-8-2-3-9(4-11(8)13)5-15-12(16)10-6-14-7-10;/h2-4,10,14H,5-7H2,1H3,(H,15,16);1H. The van der Waals surface area contributed by atoms with E-state index in [1.807, 2.05) is 6.07 Å². The predicted octanol–water partition coefficient (Wildman–Crippen LogP) is 1.39. The molecule has 0 aromatic heterocycles. The van der Waals surface area contributed by atoms with E-state index in [-0.39, 0.29) is 30.0 Å². The van der Waals surface area contributed by atoms with Gasteiger partial charge in [0.1, 0.15) is 5.82 Å². The summed E-state index contributed by atoms with van der Waals surface area (Å²) in [5.74, 6) is -0.105. The van der Waals surface area contributed by atoms with Crippen LogP contribution in [0.15, 0.2) is 18.2 Å². The quantitative estimate of drug-likeness (QED) is 0.860. The van der Waals surface area contributed by atoms with E-state index in [4.69, 9.17) is 0 Å². The molecular weight excluding hydrogens is 243 g/mol. The maximum atomic E-state index is 13.2. The SMILES string of the molecule is Cc1ccc(CNC(=O)C2CNC2)cc1F.Cl. The zero-order valence-electron chi connectivity index (χ0n) is 9.63. The molecule has 1 fully saturated rings. The van der Waals surface area contributed by atoms with Crippen molar-refractivity contribution in [2.75, 3.05) is 13.1 Å². The van der Waals surface area contributed by atoms with Gasteiger partial charge in [-0.05, 0) is 24.1 Å². The molecule has 0 bridgehead atoms. The lowest BCUT2D eigenvalue weighted by molar-refractivity contribution is -0.126. The van der Waals surface area contributed by atoms with Gasteiger partial charge in [-0.15, -0.1) is 12.4 Å². The molecule has 17 heavy (non-hydrogen) atoms. The zero-order chi connectivity index (χ0) is 11.5. The number of hydrogen-bond acceptors (Lipinski definition) is 2. The molecule has 2 N–H and O–H groups in total. The van der Waals surface area contributed by atoms with Gasteiger partial charge >= 0.3 is 0 Å². The Morgan fingerprint density at radius 3 is 2.76 bits per heavy atom. The summed E-state index contributed by atoms with van der Waals surface area (Å²) >= 11 is 0. The van der Waals surface area contributed by atoms with E-state index in [2.05, 4.69) is 10.6 Å². The highest BCUT2D eigenvalue weighted by atomic mass is 35.5. The average Bonchev–Trinajstić information content (AvgIpc) is 2.17. The molecule has 0 aliphatic carbocycles. The highest BCUT2D eigenvalue weighted by Crippen LogP contribution is 2.09. The third-order valence-corrected chi connectivity index (χ3v) is 2.86. The van der Waals surface area contributed by atoms with Crippen LogP contribution >= 0.6 is 12.4 Å². The molecule has 94 valence electrons. The Morgan fingerprint density at radius 2 is 2.24 bits per heavy atom. The van der Waals surface area contributed by atoms with Crippen LogP contribution in [0.4, 0.5) is 4.39 Å². The number of carbonyl (C=O) groups excluding carboxylic acids is 1. The molecule has 0 spiro atoms. The number of aryl methyl sites for hydroxylation is 1. The maximum Gasteiger partial charge on any atom is 0.225 e. The summed E-state index contributed by atoms with van der Waals surface area (Å²) in [6.45, 7) is 3.60. The number of carbonyl (C=O) groups is 1. The Bertz CT molecular complexity index is 407. The first-order chi connectivity index (χ1) is 7.66. The lowest BCUT2D eigenvalue weighted by Crippen LogP contribution is -2.50. The van der Waals surface area contributed by atoms with Crippen molar-refractivity contribution >= 4 is 18.3 Å². The first kappa shape index (κ1) is 13.9. The minimum atomic E-state index is -0.225. The number of amides is 1. The number of nitrogens with one attached hydrogen (secondary N) is 2. The summed E-state index contributed by atoms with van der Waals surface area (Å²) in [6.07, 6.45) is 0. The molecule has 5 heteroatoms. The highest BCUT2D eigenvalue weighted by molar-refractivity contribution is 5.85. The topological polar surface area (TPSA) is 41.1 Å². The molecule has 1 aromatic rings. The van der Waals surface area contributed by atoms with Crippen LogP contribution in [0.5, 0.6) is 0 Å². The van der Waals surface area contributed by atoms with Gasteiger partial charge in [0.15, 0.2) is 0 Å². The third kappa shape index (κ3) is 3.41. The van der Waals surface area contributed by atoms with Gasteiger partial charge in [0, 0.05) is 19.6 Å². The zero-order valence-corrected chi connectivity index (χ0v) is 10.4. The molecule has 3 nitrogen and oxygen atoms in total. The normalized spacial score (nSPS) is 14.7.